The molecule has 19 heteroatoms. The summed E-state index contributed by atoms with van der Waals surface area (Å²) >= 11 is 12.8. The van der Waals surface area contributed by atoms with Gasteiger partial charge in [0.25, 0.3) is 0 Å². The Morgan fingerprint density at radius 2 is 0.618 bits per heavy atom. The molecule has 0 radical (unpaired) electrons. The van der Waals surface area contributed by atoms with Crippen molar-refractivity contribution in [2.24, 2.45) is 16.2 Å². The zero-order valence-corrected chi connectivity index (χ0v) is 39.6. The van der Waals surface area contributed by atoms with Gasteiger partial charge in [-0.2, -0.15) is 0 Å². The molecule has 0 saturated carbocycles. The van der Waals surface area contributed by atoms with Crippen LogP contribution in [0.25, 0.3) is 0 Å². The highest BCUT2D eigenvalue weighted by molar-refractivity contribution is 9.10. The standard InChI is InChI=1S/C36H54Br4O15/c1-13-14-48-15-16-49-27(45)34(10,21-54-28(46)35(11,17-50-23(41)30(2,3)37)18-51-24(42)31(4,5)38)22-55-29(47)36(12,19-52-25(43)32(6,7)39)20-53-26(44)33(8,9)40/h13H,1,14-22H2,2-12H3. The summed E-state index contributed by atoms with van der Waals surface area (Å²) in [6.07, 6.45) is 1.50. The molecule has 0 aliphatic rings. The molecule has 15 nitrogen and oxygen atoms in total. The van der Waals surface area contributed by atoms with Crippen molar-refractivity contribution in [3.05, 3.63) is 12.7 Å². The normalized spacial score (nSPS) is 12.9. The molecular weight excluding hydrogens is 992 g/mol. The molecule has 0 aromatic carbocycles. The average Bonchev–Trinajstić information content (AvgIpc) is 3.06. The number of ether oxygens (including phenoxy) is 8. The lowest BCUT2D eigenvalue weighted by molar-refractivity contribution is -0.182. The van der Waals surface area contributed by atoms with Gasteiger partial charge in [0.15, 0.2) is 0 Å². The van der Waals surface area contributed by atoms with Gasteiger partial charge in [-0.15, -0.1) is 6.58 Å². The lowest BCUT2D eigenvalue weighted by Crippen LogP contribution is -2.47. The molecule has 0 spiro atoms. The van der Waals surface area contributed by atoms with Crippen LogP contribution < -0.4 is 0 Å². The van der Waals surface area contributed by atoms with Gasteiger partial charge in [0.2, 0.25) is 0 Å². The second-order valence-corrected chi connectivity index (χ2v) is 23.5. The number of esters is 7. The maximum atomic E-state index is 13.7. The van der Waals surface area contributed by atoms with Gasteiger partial charge >= 0.3 is 41.8 Å². The Kier molecular flexibility index (Phi) is 20.8. The van der Waals surface area contributed by atoms with E-state index >= 15 is 0 Å². The van der Waals surface area contributed by atoms with Crippen LogP contribution in [-0.2, 0) is 71.5 Å². The molecule has 0 heterocycles. The van der Waals surface area contributed by atoms with Crippen molar-refractivity contribution in [2.45, 2.75) is 93.5 Å². The van der Waals surface area contributed by atoms with E-state index in [0.717, 1.165) is 0 Å². The van der Waals surface area contributed by atoms with Gasteiger partial charge in [-0.25, -0.2) is 0 Å². The summed E-state index contributed by atoms with van der Waals surface area (Å²) in [7, 11) is 0. The van der Waals surface area contributed by atoms with E-state index in [4.69, 9.17) is 37.9 Å². The molecule has 0 unspecified atom stereocenters. The van der Waals surface area contributed by atoms with Crippen molar-refractivity contribution >= 4 is 106 Å². The molecule has 0 aliphatic carbocycles. The van der Waals surface area contributed by atoms with E-state index in [1.54, 1.807) is 0 Å². The van der Waals surface area contributed by atoms with Crippen molar-refractivity contribution < 1.29 is 71.5 Å². The number of halogens is 4. The molecule has 0 saturated heterocycles. The minimum Gasteiger partial charge on any atom is -0.464 e. The highest BCUT2D eigenvalue weighted by Gasteiger charge is 2.47. The highest BCUT2D eigenvalue weighted by atomic mass is 79.9. The van der Waals surface area contributed by atoms with Crippen molar-refractivity contribution in [1.82, 2.24) is 0 Å². The Hall–Kier alpha value is -2.09. The third kappa shape index (κ3) is 18.8. The van der Waals surface area contributed by atoms with Gasteiger partial charge in [0, 0.05) is 0 Å². The summed E-state index contributed by atoms with van der Waals surface area (Å²) in [5.41, 5.74) is -5.43. The fraction of sp³-hybridized carbons (Fsp3) is 0.750. The molecule has 0 aliphatic heterocycles. The summed E-state index contributed by atoms with van der Waals surface area (Å²) < 4.78 is 38.8. The quantitative estimate of drug-likeness (QED) is 0.0375. The van der Waals surface area contributed by atoms with E-state index in [-0.39, 0.29) is 19.8 Å². The third-order valence-electron chi connectivity index (χ3n) is 7.25. The number of hydrogen-bond donors (Lipinski definition) is 0. The molecule has 316 valence electrons. The second kappa shape index (κ2) is 21.6. The minimum atomic E-state index is -1.88. The molecule has 0 rings (SSSR count). The predicted molar refractivity (Wildman–Crippen MR) is 214 cm³/mol. The van der Waals surface area contributed by atoms with Crippen LogP contribution in [0, 0.1) is 16.2 Å². The largest absolute Gasteiger partial charge is 0.464 e. The molecule has 0 N–H and O–H groups in total. The van der Waals surface area contributed by atoms with Crippen LogP contribution in [0.4, 0.5) is 0 Å². The lowest BCUT2D eigenvalue weighted by atomic mass is 9.90. The first kappa shape index (κ1) is 52.9. The number of carbonyl (C=O) groups excluding carboxylic acids is 7. The van der Waals surface area contributed by atoms with Gasteiger partial charge in [0.1, 0.15) is 79.8 Å². The number of hydrogen-bond acceptors (Lipinski definition) is 15. The van der Waals surface area contributed by atoms with E-state index in [2.05, 4.69) is 70.3 Å². The number of alkyl halides is 4. The topological polar surface area (TPSA) is 193 Å². The Morgan fingerprint density at radius 1 is 0.400 bits per heavy atom. The van der Waals surface area contributed by atoms with Gasteiger partial charge in [-0.05, 0) is 76.2 Å². The van der Waals surface area contributed by atoms with Crippen LogP contribution in [0.1, 0.15) is 76.2 Å². The van der Waals surface area contributed by atoms with Crippen LogP contribution in [0.3, 0.4) is 0 Å². The van der Waals surface area contributed by atoms with Crippen LogP contribution in [0.15, 0.2) is 12.7 Å². The van der Waals surface area contributed by atoms with Gasteiger partial charge in [0.05, 0.1) is 13.2 Å². The average molecular weight is 1050 g/mol. The monoisotopic (exact) mass is 1040 g/mol. The summed E-state index contributed by atoms with van der Waals surface area (Å²) in [5, 5.41) is 0. The van der Waals surface area contributed by atoms with E-state index in [0.29, 0.717) is 0 Å². The minimum absolute atomic E-state index is 0.0152. The van der Waals surface area contributed by atoms with E-state index in [1.807, 2.05) is 0 Å². The summed E-state index contributed by atoms with van der Waals surface area (Å²) in [6, 6.07) is 0. The van der Waals surface area contributed by atoms with Crippen LogP contribution in [-0.4, -0.2) is 119 Å². The van der Waals surface area contributed by atoms with Crippen LogP contribution in [0.2, 0.25) is 0 Å². The first-order valence-electron chi connectivity index (χ1n) is 16.9. The Balaban J connectivity index is 6.53. The fourth-order valence-corrected chi connectivity index (χ4v) is 3.85. The molecule has 0 aromatic rings. The molecular formula is C36H54Br4O15. The SMILES string of the molecule is C=CCOCCOC(=O)C(C)(COC(=O)C(C)(COC(=O)C(C)(C)Br)COC(=O)C(C)(C)Br)COC(=O)C(C)(COC(=O)C(C)(C)Br)COC(=O)C(C)(C)Br. The van der Waals surface area contributed by atoms with E-state index in [1.165, 1.54) is 82.2 Å². The number of rotatable bonds is 24. The molecule has 0 fully saturated rings. The van der Waals surface area contributed by atoms with Crippen molar-refractivity contribution in [1.29, 1.82) is 0 Å². The summed E-state index contributed by atoms with van der Waals surface area (Å²) in [5.74, 6) is -5.93. The van der Waals surface area contributed by atoms with Crippen molar-refractivity contribution in [3.8, 4) is 0 Å². The van der Waals surface area contributed by atoms with Crippen LogP contribution in [0.5, 0.6) is 0 Å². The highest BCUT2D eigenvalue weighted by Crippen LogP contribution is 2.30. The third-order valence-corrected chi connectivity index (χ3v) is 8.54. The van der Waals surface area contributed by atoms with Crippen LogP contribution >= 0.6 is 63.7 Å². The van der Waals surface area contributed by atoms with Gasteiger partial charge in [-0.1, -0.05) is 69.8 Å². The first-order valence-corrected chi connectivity index (χ1v) is 20.1. The predicted octanol–water partition coefficient (Wildman–Crippen LogP) is 5.70. The van der Waals surface area contributed by atoms with E-state index in [9.17, 15) is 33.6 Å². The van der Waals surface area contributed by atoms with Crippen molar-refractivity contribution in [3.63, 3.8) is 0 Å². The molecule has 0 aromatic heterocycles. The van der Waals surface area contributed by atoms with Gasteiger partial charge in [-0.3, -0.25) is 33.6 Å². The molecule has 0 atom stereocenters. The zero-order valence-electron chi connectivity index (χ0n) is 33.3. The zero-order chi connectivity index (χ0) is 43.3. The Morgan fingerprint density at radius 3 is 0.836 bits per heavy atom. The van der Waals surface area contributed by atoms with E-state index < -0.39 is 115 Å². The molecule has 0 bridgehead atoms. The second-order valence-electron chi connectivity index (χ2n) is 15.5. The fourth-order valence-electron chi connectivity index (χ4n) is 3.40. The molecule has 0 amide bonds. The Labute approximate surface area is 356 Å². The van der Waals surface area contributed by atoms with Crippen molar-refractivity contribution in [2.75, 3.05) is 59.5 Å². The summed E-state index contributed by atoms with van der Waals surface area (Å²) in [4.78, 5) is 91.3. The smallest absolute Gasteiger partial charge is 0.322 e. The maximum absolute atomic E-state index is 13.7. The first-order chi connectivity index (χ1) is 24.7. The Bertz CT molecular complexity index is 1240. The maximum Gasteiger partial charge on any atom is 0.322 e. The number of carbonyl (C=O) groups is 7. The summed E-state index contributed by atoms with van der Waals surface area (Å²) in [6.45, 7) is 15.9. The van der Waals surface area contributed by atoms with Gasteiger partial charge < -0.3 is 37.9 Å². The molecule has 55 heavy (non-hydrogen) atoms. The lowest BCUT2D eigenvalue weighted by Gasteiger charge is -2.33.